The van der Waals surface area contributed by atoms with Gasteiger partial charge in [-0.05, 0) is 30.7 Å². The molecule has 0 atom stereocenters. The van der Waals surface area contributed by atoms with Crippen molar-refractivity contribution in [2.45, 2.75) is 39.2 Å². The number of aromatic nitrogens is 2. The second kappa shape index (κ2) is 7.35. The Morgan fingerprint density at radius 1 is 1.36 bits per heavy atom. The lowest BCUT2D eigenvalue weighted by atomic mass is 10.2. The van der Waals surface area contributed by atoms with E-state index in [-0.39, 0.29) is 0 Å². The number of aryl methyl sites for hydroxylation is 2. The second-order valence-corrected chi connectivity index (χ2v) is 6.43. The van der Waals surface area contributed by atoms with Crippen LogP contribution in [0.2, 0.25) is 0 Å². The van der Waals surface area contributed by atoms with Gasteiger partial charge < -0.3 is 14.8 Å². The van der Waals surface area contributed by atoms with Crippen LogP contribution in [0.4, 0.5) is 5.82 Å². The van der Waals surface area contributed by atoms with Gasteiger partial charge in [0.1, 0.15) is 11.6 Å². The Bertz CT molecular complexity index is 623. The van der Waals surface area contributed by atoms with Crippen molar-refractivity contribution in [3.8, 4) is 0 Å². The number of nitrogens with one attached hydrogen (secondary N) is 1. The summed E-state index contributed by atoms with van der Waals surface area (Å²) in [6.45, 7) is 7.29. The second-order valence-electron chi connectivity index (χ2n) is 5.55. The van der Waals surface area contributed by atoms with Crippen LogP contribution in [0.25, 0.3) is 10.2 Å². The topological polar surface area (TPSA) is 56.3 Å². The van der Waals surface area contributed by atoms with Gasteiger partial charge in [0.2, 0.25) is 0 Å². The number of thiophene rings is 1. The van der Waals surface area contributed by atoms with E-state index in [1.807, 2.05) is 0 Å². The van der Waals surface area contributed by atoms with Gasteiger partial charge in [-0.1, -0.05) is 6.92 Å². The lowest BCUT2D eigenvalue weighted by Crippen LogP contribution is -2.25. The van der Waals surface area contributed by atoms with Gasteiger partial charge in [-0.25, -0.2) is 9.97 Å². The maximum atomic E-state index is 5.90. The Hall–Kier alpha value is -1.24. The van der Waals surface area contributed by atoms with Crippen LogP contribution in [-0.2, 0) is 15.9 Å². The minimum absolute atomic E-state index is 0.344. The van der Waals surface area contributed by atoms with Gasteiger partial charge in [0.25, 0.3) is 0 Å². The fourth-order valence-electron chi connectivity index (χ4n) is 2.59. The van der Waals surface area contributed by atoms with Gasteiger partial charge in [-0.15, -0.1) is 11.3 Å². The summed E-state index contributed by atoms with van der Waals surface area (Å²) in [7, 11) is 0. The third-order valence-electron chi connectivity index (χ3n) is 3.87. The van der Waals surface area contributed by atoms with E-state index in [9.17, 15) is 0 Å². The molecule has 0 radical (unpaired) electrons. The van der Waals surface area contributed by atoms with E-state index >= 15 is 0 Å². The van der Waals surface area contributed by atoms with Gasteiger partial charge in [0.05, 0.1) is 22.9 Å². The van der Waals surface area contributed by atoms with Crippen LogP contribution in [0.1, 0.15) is 31.2 Å². The number of nitrogens with zero attached hydrogens (tertiary/aromatic N) is 2. The number of fused-ring (bicyclic) bond motifs is 1. The average Bonchev–Trinajstić information content (AvgIpc) is 2.94. The number of anilines is 1. The molecule has 0 amide bonds. The first-order valence-corrected chi connectivity index (χ1v) is 8.84. The minimum atomic E-state index is 0.344. The van der Waals surface area contributed by atoms with Crippen molar-refractivity contribution in [1.82, 2.24) is 9.97 Å². The molecule has 0 aromatic carbocycles. The molecule has 22 heavy (non-hydrogen) atoms. The van der Waals surface area contributed by atoms with E-state index in [4.69, 9.17) is 9.47 Å². The van der Waals surface area contributed by atoms with Crippen LogP contribution in [0.15, 0.2) is 5.38 Å². The Balaban J connectivity index is 1.60. The maximum Gasteiger partial charge on any atom is 0.147 e. The van der Waals surface area contributed by atoms with E-state index in [1.54, 1.807) is 11.3 Å². The summed E-state index contributed by atoms with van der Waals surface area (Å²) in [5.74, 6) is 1.83. The molecule has 1 saturated heterocycles. The molecule has 6 heteroatoms. The zero-order valence-corrected chi connectivity index (χ0v) is 14.0. The van der Waals surface area contributed by atoms with Gasteiger partial charge in [-0.3, -0.25) is 0 Å². The first-order valence-electron chi connectivity index (χ1n) is 7.96. The molecule has 1 N–H and O–H groups in total. The van der Waals surface area contributed by atoms with E-state index < -0.39 is 0 Å². The molecular weight excluding hydrogens is 298 g/mol. The third kappa shape index (κ3) is 3.56. The summed E-state index contributed by atoms with van der Waals surface area (Å²) in [6.07, 6.45) is 3.19. The smallest absolute Gasteiger partial charge is 0.147 e. The van der Waals surface area contributed by atoms with Crippen LogP contribution in [0.3, 0.4) is 0 Å². The third-order valence-corrected chi connectivity index (χ3v) is 4.97. The molecule has 3 rings (SSSR count). The lowest BCUT2D eigenvalue weighted by molar-refractivity contribution is -0.0283. The number of rotatable bonds is 6. The monoisotopic (exact) mass is 321 g/mol. The molecule has 2 aromatic heterocycles. The van der Waals surface area contributed by atoms with Gasteiger partial charge in [0, 0.05) is 26.2 Å². The Morgan fingerprint density at radius 2 is 2.18 bits per heavy atom. The van der Waals surface area contributed by atoms with Gasteiger partial charge in [-0.2, -0.15) is 0 Å². The van der Waals surface area contributed by atoms with E-state index in [0.717, 1.165) is 60.9 Å². The SMILES string of the molecule is CCc1nc(NCCOC2CCOCC2)c2scc(C)c2n1. The highest BCUT2D eigenvalue weighted by molar-refractivity contribution is 7.18. The Morgan fingerprint density at radius 3 is 2.95 bits per heavy atom. The molecule has 0 bridgehead atoms. The molecular formula is C16H23N3O2S. The zero-order valence-electron chi connectivity index (χ0n) is 13.2. The largest absolute Gasteiger partial charge is 0.381 e. The molecule has 0 unspecified atom stereocenters. The van der Waals surface area contributed by atoms with Crippen LogP contribution in [0.5, 0.6) is 0 Å². The standard InChI is InChI=1S/C16H23N3O2S/c1-3-13-18-14-11(2)10-22-15(14)16(19-13)17-6-9-21-12-4-7-20-8-5-12/h10,12H,3-9H2,1-2H3,(H,17,18,19). The van der Waals surface area contributed by atoms with Gasteiger partial charge >= 0.3 is 0 Å². The van der Waals surface area contributed by atoms with E-state index in [1.165, 1.54) is 5.56 Å². The van der Waals surface area contributed by atoms with Crippen molar-refractivity contribution < 1.29 is 9.47 Å². The number of hydrogen-bond acceptors (Lipinski definition) is 6. The van der Waals surface area contributed by atoms with Crippen molar-refractivity contribution in [2.24, 2.45) is 0 Å². The Kier molecular flexibility index (Phi) is 5.23. The highest BCUT2D eigenvalue weighted by Gasteiger charge is 2.14. The summed E-state index contributed by atoms with van der Waals surface area (Å²) < 4.78 is 12.4. The number of ether oxygens (including phenoxy) is 2. The molecule has 2 aromatic rings. The normalized spacial score (nSPS) is 16.3. The summed E-state index contributed by atoms with van der Waals surface area (Å²) in [5.41, 5.74) is 2.29. The molecule has 1 aliphatic heterocycles. The predicted octanol–water partition coefficient (Wildman–Crippen LogP) is 3.17. The summed E-state index contributed by atoms with van der Waals surface area (Å²) in [5, 5.41) is 5.56. The van der Waals surface area contributed by atoms with Crippen molar-refractivity contribution in [3.05, 3.63) is 16.8 Å². The van der Waals surface area contributed by atoms with Crippen molar-refractivity contribution >= 4 is 27.4 Å². The fourth-order valence-corrected chi connectivity index (χ4v) is 3.55. The average molecular weight is 321 g/mol. The highest BCUT2D eigenvalue weighted by atomic mass is 32.1. The van der Waals surface area contributed by atoms with Crippen LogP contribution in [0, 0.1) is 6.92 Å². The molecule has 1 fully saturated rings. The predicted molar refractivity (Wildman–Crippen MR) is 89.8 cm³/mol. The van der Waals surface area contributed by atoms with Crippen molar-refractivity contribution in [3.63, 3.8) is 0 Å². The summed E-state index contributed by atoms with van der Waals surface area (Å²) in [4.78, 5) is 9.26. The molecule has 0 aliphatic carbocycles. The molecule has 120 valence electrons. The first kappa shape index (κ1) is 15.6. The molecule has 0 saturated carbocycles. The van der Waals surface area contributed by atoms with E-state index in [0.29, 0.717) is 12.7 Å². The number of hydrogen-bond donors (Lipinski definition) is 1. The quantitative estimate of drug-likeness (QED) is 0.828. The van der Waals surface area contributed by atoms with Crippen LogP contribution in [-0.4, -0.2) is 42.4 Å². The minimum Gasteiger partial charge on any atom is -0.381 e. The molecule has 0 spiro atoms. The van der Waals surface area contributed by atoms with Crippen LogP contribution < -0.4 is 5.32 Å². The summed E-state index contributed by atoms with van der Waals surface area (Å²) >= 11 is 1.70. The molecule has 5 nitrogen and oxygen atoms in total. The molecule has 3 heterocycles. The van der Waals surface area contributed by atoms with Crippen molar-refractivity contribution in [2.75, 3.05) is 31.7 Å². The van der Waals surface area contributed by atoms with Gasteiger partial charge in [0.15, 0.2) is 0 Å². The highest BCUT2D eigenvalue weighted by Crippen LogP contribution is 2.29. The Labute approximate surface area is 135 Å². The van der Waals surface area contributed by atoms with Crippen molar-refractivity contribution in [1.29, 1.82) is 0 Å². The first-order chi connectivity index (χ1) is 10.8. The zero-order chi connectivity index (χ0) is 15.4. The van der Waals surface area contributed by atoms with Crippen LogP contribution >= 0.6 is 11.3 Å². The van der Waals surface area contributed by atoms with E-state index in [2.05, 4.69) is 34.5 Å². The maximum absolute atomic E-state index is 5.90. The fraction of sp³-hybridized carbons (Fsp3) is 0.625. The summed E-state index contributed by atoms with van der Waals surface area (Å²) in [6, 6.07) is 0. The lowest BCUT2D eigenvalue weighted by Gasteiger charge is -2.22. The molecule has 1 aliphatic rings.